The Morgan fingerprint density at radius 1 is 1.58 bits per heavy atom. The highest BCUT2D eigenvalue weighted by Crippen LogP contribution is 2.22. The monoisotopic (exact) mass is 186 g/mol. The van der Waals surface area contributed by atoms with Crippen LogP contribution in [0.4, 0.5) is 0 Å². The number of hydrogen-bond acceptors (Lipinski definition) is 3. The molecule has 12 heavy (non-hydrogen) atoms. The van der Waals surface area contributed by atoms with Crippen molar-refractivity contribution in [2.75, 3.05) is 19.8 Å². The topological polar surface area (TPSA) is 15.6 Å². The van der Waals surface area contributed by atoms with Crippen molar-refractivity contribution in [1.82, 2.24) is 4.90 Å². The summed E-state index contributed by atoms with van der Waals surface area (Å²) in [5.74, 6) is 1.19. The molecule has 1 rings (SSSR count). The van der Waals surface area contributed by atoms with Gasteiger partial charge in [-0.25, -0.2) is 0 Å². The van der Waals surface area contributed by atoms with Gasteiger partial charge in [0.1, 0.15) is 0 Å². The first-order valence-corrected chi connectivity index (χ1v) is 5.60. The van der Waals surface area contributed by atoms with E-state index in [4.69, 9.17) is 0 Å². The molecule has 70 valence electrons. The highest BCUT2D eigenvalue weighted by atomic mass is 32.2. The summed E-state index contributed by atoms with van der Waals surface area (Å²) in [7, 11) is 4.13. The second-order valence-electron chi connectivity index (χ2n) is 3.41. The molecule has 1 atom stereocenters. The lowest BCUT2D eigenvalue weighted by Gasteiger charge is -2.09. The van der Waals surface area contributed by atoms with Gasteiger partial charge in [-0.2, -0.15) is 0 Å². The Hall–Kier alpha value is -0.180. The van der Waals surface area contributed by atoms with Crippen LogP contribution in [0.25, 0.3) is 0 Å². The predicted molar refractivity (Wildman–Crippen MR) is 56.9 cm³/mol. The van der Waals surface area contributed by atoms with Crippen molar-refractivity contribution >= 4 is 16.9 Å². The molecule has 0 unspecified atom stereocenters. The summed E-state index contributed by atoms with van der Waals surface area (Å²) in [5, 5.41) is 1.20. The summed E-state index contributed by atoms with van der Waals surface area (Å²) in [5.41, 5.74) is 0. The highest BCUT2D eigenvalue weighted by Gasteiger charge is 2.18. The molecule has 0 amide bonds. The van der Waals surface area contributed by atoms with Crippen molar-refractivity contribution < 1.29 is 0 Å². The average Bonchev–Trinajstić information content (AvgIpc) is 2.48. The molecule has 0 spiro atoms. The van der Waals surface area contributed by atoms with Crippen LogP contribution in [0.15, 0.2) is 4.99 Å². The predicted octanol–water partition coefficient (Wildman–Crippen LogP) is 2.21. The van der Waals surface area contributed by atoms with Crippen LogP contribution in [0.1, 0.15) is 26.2 Å². The lowest BCUT2D eigenvalue weighted by Crippen LogP contribution is -2.16. The Balaban J connectivity index is 2.31. The van der Waals surface area contributed by atoms with E-state index in [1.54, 1.807) is 0 Å². The first-order chi connectivity index (χ1) is 5.74. The largest absolute Gasteiger partial charge is 0.358 e. The third kappa shape index (κ3) is 2.70. The molecule has 0 saturated carbocycles. The molecule has 0 radical (unpaired) electrons. The second kappa shape index (κ2) is 4.75. The van der Waals surface area contributed by atoms with E-state index in [9.17, 15) is 0 Å². The molecular weight excluding hydrogens is 168 g/mol. The van der Waals surface area contributed by atoms with Gasteiger partial charge in [-0.15, -0.1) is 0 Å². The lowest BCUT2D eigenvalue weighted by atomic mass is 10.1. The van der Waals surface area contributed by atoms with Crippen molar-refractivity contribution in [1.29, 1.82) is 0 Å². The molecule has 0 N–H and O–H groups in total. The van der Waals surface area contributed by atoms with E-state index in [1.165, 1.54) is 30.2 Å². The summed E-state index contributed by atoms with van der Waals surface area (Å²) in [4.78, 5) is 6.74. The maximum atomic E-state index is 4.63. The van der Waals surface area contributed by atoms with Gasteiger partial charge in [-0.3, -0.25) is 4.99 Å². The van der Waals surface area contributed by atoms with Gasteiger partial charge in [0.25, 0.3) is 0 Å². The fraction of sp³-hybridized carbons (Fsp3) is 0.889. The van der Waals surface area contributed by atoms with Crippen LogP contribution in [0.2, 0.25) is 0 Å². The van der Waals surface area contributed by atoms with Crippen molar-refractivity contribution in [3.8, 4) is 0 Å². The van der Waals surface area contributed by atoms with Gasteiger partial charge in [0, 0.05) is 19.8 Å². The first kappa shape index (κ1) is 9.90. The van der Waals surface area contributed by atoms with Gasteiger partial charge < -0.3 is 4.90 Å². The number of amidine groups is 1. The molecule has 0 aromatic carbocycles. The molecule has 0 saturated heterocycles. The molecule has 0 aromatic rings. The Labute approximate surface area is 79.4 Å². The van der Waals surface area contributed by atoms with Crippen molar-refractivity contribution in [2.45, 2.75) is 32.2 Å². The third-order valence-corrected chi connectivity index (χ3v) is 3.25. The van der Waals surface area contributed by atoms with Crippen molar-refractivity contribution in [3.05, 3.63) is 0 Å². The van der Waals surface area contributed by atoms with Gasteiger partial charge in [-0.1, -0.05) is 31.5 Å². The molecule has 0 fully saturated rings. The number of rotatable bonds is 3. The van der Waals surface area contributed by atoms with E-state index >= 15 is 0 Å². The summed E-state index contributed by atoms with van der Waals surface area (Å²) in [6, 6.07) is 0.590. The molecular formula is C9H18N2S. The second-order valence-corrected chi connectivity index (χ2v) is 4.40. The molecule has 0 bridgehead atoms. The first-order valence-electron chi connectivity index (χ1n) is 4.62. The van der Waals surface area contributed by atoms with Gasteiger partial charge in [0.2, 0.25) is 0 Å². The summed E-state index contributed by atoms with van der Waals surface area (Å²) in [6.45, 7) is 2.23. The Bertz CT molecular complexity index is 166. The van der Waals surface area contributed by atoms with E-state index in [0.717, 1.165) is 0 Å². The zero-order valence-corrected chi connectivity index (χ0v) is 9.02. The number of aliphatic imine (C=N–C) groups is 1. The van der Waals surface area contributed by atoms with Crippen LogP contribution < -0.4 is 0 Å². The van der Waals surface area contributed by atoms with E-state index in [1.807, 2.05) is 11.8 Å². The summed E-state index contributed by atoms with van der Waals surface area (Å²) in [6.07, 6.45) is 3.87. The Morgan fingerprint density at radius 2 is 2.33 bits per heavy atom. The van der Waals surface area contributed by atoms with Crippen LogP contribution in [0.3, 0.4) is 0 Å². The van der Waals surface area contributed by atoms with Crippen molar-refractivity contribution in [3.63, 3.8) is 0 Å². The average molecular weight is 186 g/mol. The summed E-state index contributed by atoms with van der Waals surface area (Å²) < 4.78 is 0. The minimum atomic E-state index is 0.590. The zero-order valence-electron chi connectivity index (χ0n) is 8.21. The van der Waals surface area contributed by atoms with Gasteiger partial charge in [0.15, 0.2) is 5.17 Å². The fourth-order valence-corrected chi connectivity index (χ4v) is 2.30. The minimum absolute atomic E-state index is 0.590. The number of nitrogens with zero attached hydrogens (tertiary/aromatic N) is 2. The Morgan fingerprint density at radius 3 is 2.83 bits per heavy atom. The zero-order chi connectivity index (χ0) is 8.97. The minimum Gasteiger partial charge on any atom is -0.358 e. The SMILES string of the molecule is CCCC[C@@H]1CSC(N(C)C)=N1. The van der Waals surface area contributed by atoms with Crippen LogP contribution in [0, 0.1) is 0 Å². The molecule has 1 heterocycles. The number of unbranched alkanes of at least 4 members (excludes halogenated alkanes) is 1. The number of hydrogen-bond donors (Lipinski definition) is 0. The molecule has 1 aliphatic rings. The maximum absolute atomic E-state index is 4.63. The molecule has 0 aromatic heterocycles. The highest BCUT2D eigenvalue weighted by molar-refractivity contribution is 8.14. The van der Waals surface area contributed by atoms with E-state index in [-0.39, 0.29) is 0 Å². The summed E-state index contributed by atoms with van der Waals surface area (Å²) >= 11 is 1.88. The fourth-order valence-electron chi connectivity index (χ4n) is 1.23. The quantitative estimate of drug-likeness (QED) is 0.671. The maximum Gasteiger partial charge on any atom is 0.159 e. The third-order valence-electron chi connectivity index (χ3n) is 1.97. The standard InChI is InChI=1S/C9H18N2S/c1-4-5-6-8-7-12-9(10-8)11(2)3/h8H,4-7H2,1-3H3/t8-/m1/s1. The van der Waals surface area contributed by atoms with Crippen LogP contribution in [-0.2, 0) is 0 Å². The molecule has 1 aliphatic heterocycles. The normalized spacial score (nSPS) is 22.6. The number of thioether (sulfide) groups is 1. The van der Waals surface area contributed by atoms with E-state index in [2.05, 4.69) is 30.9 Å². The lowest BCUT2D eigenvalue weighted by molar-refractivity contribution is 0.602. The molecule has 0 aliphatic carbocycles. The van der Waals surface area contributed by atoms with Gasteiger partial charge in [0.05, 0.1) is 6.04 Å². The molecule has 2 nitrogen and oxygen atoms in total. The van der Waals surface area contributed by atoms with Gasteiger partial charge >= 0.3 is 0 Å². The van der Waals surface area contributed by atoms with Gasteiger partial charge in [-0.05, 0) is 6.42 Å². The van der Waals surface area contributed by atoms with E-state index < -0.39 is 0 Å². The Kier molecular flexibility index (Phi) is 3.92. The van der Waals surface area contributed by atoms with Crippen LogP contribution in [0.5, 0.6) is 0 Å². The smallest absolute Gasteiger partial charge is 0.159 e. The van der Waals surface area contributed by atoms with Crippen molar-refractivity contribution in [2.24, 2.45) is 4.99 Å². The van der Waals surface area contributed by atoms with E-state index in [0.29, 0.717) is 6.04 Å². The van der Waals surface area contributed by atoms with Crippen LogP contribution in [-0.4, -0.2) is 36.0 Å². The molecule has 3 heteroatoms. The van der Waals surface area contributed by atoms with Crippen LogP contribution >= 0.6 is 11.8 Å².